The van der Waals surface area contributed by atoms with Crippen LogP contribution in [0.1, 0.15) is 77.6 Å². The Labute approximate surface area is 151 Å². The molecule has 1 rings (SSSR count). The summed E-state index contributed by atoms with van der Waals surface area (Å²) in [5.74, 6) is -0.154. The molecule has 2 unspecified atom stereocenters. The van der Waals surface area contributed by atoms with Crippen molar-refractivity contribution in [2.75, 3.05) is 20.3 Å². The minimum atomic E-state index is -0.334. The van der Waals surface area contributed by atoms with Gasteiger partial charge in [0.05, 0.1) is 19.3 Å². The largest absolute Gasteiger partial charge is 0.469 e. The molecular weight excluding hydrogens is 322 g/mol. The molecule has 1 amide bonds. The van der Waals surface area contributed by atoms with Crippen molar-refractivity contribution in [1.82, 2.24) is 4.90 Å². The Hall–Kier alpha value is -1.30. The molecule has 1 saturated heterocycles. The molecule has 0 aromatic rings. The Kier molecular flexibility index (Phi) is 11.3. The van der Waals surface area contributed by atoms with E-state index >= 15 is 0 Å². The summed E-state index contributed by atoms with van der Waals surface area (Å²) in [6.45, 7) is 3.17. The molecule has 0 aromatic carbocycles. The number of amides is 1. The van der Waals surface area contributed by atoms with Gasteiger partial charge in [-0.1, -0.05) is 45.4 Å². The van der Waals surface area contributed by atoms with Crippen LogP contribution in [0.3, 0.4) is 0 Å². The van der Waals surface area contributed by atoms with Gasteiger partial charge in [-0.2, -0.15) is 0 Å². The third kappa shape index (κ3) is 9.10. The molecular formula is C19H35NO5. The molecule has 2 atom stereocenters. The monoisotopic (exact) mass is 357 g/mol. The molecule has 1 fully saturated rings. The zero-order valence-corrected chi connectivity index (χ0v) is 15.9. The first kappa shape index (κ1) is 21.7. The number of aliphatic hydroxyl groups excluding tert-OH is 1. The van der Waals surface area contributed by atoms with Gasteiger partial charge in [0, 0.05) is 13.0 Å². The summed E-state index contributed by atoms with van der Waals surface area (Å²) < 4.78 is 9.80. The Morgan fingerprint density at radius 3 is 2.72 bits per heavy atom. The van der Waals surface area contributed by atoms with Crippen LogP contribution in [-0.4, -0.2) is 54.5 Å². The average molecular weight is 357 g/mol. The Balaban J connectivity index is 2.18. The molecule has 0 spiro atoms. The zero-order valence-electron chi connectivity index (χ0n) is 15.9. The second-order valence-corrected chi connectivity index (χ2v) is 6.89. The highest BCUT2D eigenvalue weighted by atomic mass is 16.6. The molecule has 6 heteroatoms. The van der Waals surface area contributed by atoms with Crippen molar-refractivity contribution in [3.63, 3.8) is 0 Å². The van der Waals surface area contributed by atoms with Gasteiger partial charge in [-0.25, -0.2) is 4.79 Å². The highest BCUT2D eigenvalue weighted by Crippen LogP contribution is 2.20. The smallest absolute Gasteiger partial charge is 0.410 e. The summed E-state index contributed by atoms with van der Waals surface area (Å²) in [6.07, 6.45) is 9.44. The maximum Gasteiger partial charge on any atom is 0.410 e. The molecule has 6 nitrogen and oxygen atoms in total. The first-order valence-corrected chi connectivity index (χ1v) is 9.76. The van der Waals surface area contributed by atoms with Crippen molar-refractivity contribution < 1.29 is 24.2 Å². The number of methoxy groups -OCH3 is 1. The van der Waals surface area contributed by atoms with Crippen LogP contribution in [0.5, 0.6) is 0 Å². The van der Waals surface area contributed by atoms with Gasteiger partial charge >= 0.3 is 12.1 Å². The van der Waals surface area contributed by atoms with Crippen LogP contribution in [0, 0.1) is 0 Å². The van der Waals surface area contributed by atoms with Crippen LogP contribution in [0.4, 0.5) is 4.79 Å². The van der Waals surface area contributed by atoms with Crippen LogP contribution in [0.25, 0.3) is 0 Å². The number of esters is 1. The molecule has 0 radical (unpaired) electrons. The molecule has 1 aliphatic rings. The normalized spacial score (nSPS) is 18.3. The maximum atomic E-state index is 11.9. The molecule has 25 heavy (non-hydrogen) atoms. The van der Waals surface area contributed by atoms with Crippen molar-refractivity contribution in [3.8, 4) is 0 Å². The van der Waals surface area contributed by atoms with Gasteiger partial charge in [-0.3, -0.25) is 4.79 Å². The lowest BCUT2D eigenvalue weighted by Gasteiger charge is -2.22. The molecule has 0 aromatic heterocycles. The number of rotatable bonds is 14. The molecule has 146 valence electrons. The predicted molar refractivity (Wildman–Crippen MR) is 96.3 cm³/mol. The second kappa shape index (κ2) is 13.0. The van der Waals surface area contributed by atoms with Crippen molar-refractivity contribution in [2.45, 2.75) is 89.7 Å². The number of nitrogens with zero attached hydrogens (tertiary/aromatic N) is 1. The van der Waals surface area contributed by atoms with Crippen molar-refractivity contribution >= 4 is 12.1 Å². The minimum Gasteiger partial charge on any atom is -0.469 e. The number of cyclic esters (lactones) is 1. The van der Waals surface area contributed by atoms with Crippen LogP contribution < -0.4 is 0 Å². The predicted octanol–water partition coefficient (Wildman–Crippen LogP) is 3.65. The van der Waals surface area contributed by atoms with Gasteiger partial charge in [0.1, 0.15) is 6.61 Å². The lowest BCUT2D eigenvalue weighted by molar-refractivity contribution is -0.140. The van der Waals surface area contributed by atoms with Crippen LogP contribution in [0.2, 0.25) is 0 Å². The number of carbonyl (C=O) groups is 2. The minimum absolute atomic E-state index is 0.121. The fourth-order valence-electron chi connectivity index (χ4n) is 3.17. The maximum absolute atomic E-state index is 11.9. The summed E-state index contributed by atoms with van der Waals surface area (Å²) in [5, 5.41) is 10.0. The highest BCUT2D eigenvalue weighted by Gasteiger charge is 2.32. The number of ether oxygens (including phenoxy) is 2. The number of carbonyl (C=O) groups excluding carboxylic acids is 2. The van der Waals surface area contributed by atoms with Crippen LogP contribution >= 0.6 is 0 Å². The van der Waals surface area contributed by atoms with Gasteiger partial charge in [-0.15, -0.1) is 0 Å². The summed E-state index contributed by atoms with van der Waals surface area (Å²) in [4.78, 5) is 24.7. The third-order valence-electron chi connectivity index (χ3n) is 4.81. The molecule has 0 bridgehead atoms. The number of hydrogen-bond acceptors (Lipinski definition) is 5. The lowest BCUT2D eigenvalue weighted by atomic mass is 10.0. The topological polar surface area (TPSA) is 76.1 Å². The number of hydrogen-bond donors (Lipinski definition) is 1. The standard InChI is InChI=1S/C19H35NO5/c1-3-4-7-11-17(21)13-14-20-16(15-25-19(20)23)10-8-5-6-9-12-18(22)24-2/h16-17,21H,3-15H2,1-2H3. The quantitative estimate of drug-likeness (QED) is 0.379. The molecule has 0 saturated carbocycles. The third-order valence-corrected chi connectivity index (χ3v) is 4.81. The Morgan fingerprint density at radius 2 is 2.00 bits per heavy atom. The average Bonchev–Trinajstić information content (AvgIpc) is 2.96. The lowest BCUT2D eigenvalue weighted by Crippen LogP contribution is -2.35. The number of aliphatic hydroxyl groups is 1. The molecule has 0 aliphatic carbocycles. The van der Waals surface area contributed by atoms with Gasteiger partial charge in [0.25, 0.3) is 0 Å². The Bertz CT molecular complexity index is 388. The van der Waals surface area contributed by atoms with E-state index in [1.807, 2.05) is 0 Å². The van der Waals surface area contributed by atoms with E-state index in [0.29, 0.717) is 26.0 Å². The van der Waals surface area contributed by atoms with E-state index in [9.17, 15) is 14.7 Å². The van der Waals surface area contributed by atoms with E-state index in [4.69, 9.17) is 4.74 Å². The second-order valence-electron chi connectivity index (χ2n) is 6.89. The molecule has 1 aliphatic heterocycles. The van der Waals surface area contributed by atoms with E-state index in [2.05, 4.69) is 11.7 Å². The molecule has 1 heterocycles. The van der Waals surface area contributed by atoms with E-state index in [0.717, 1.165) is 57.8 Å². The molecule has 1 N–H and O–H groups in total. The van der Waals surface area contributed by atoms with Crippen LogP contribution in [0.15, 0.2) is 0 Å². The highest BCUT2D eigenvalue weighted by molar-refractivity contribution is 5.70. The van der Waals surface area contributed by atoms with Gasteiger partial charge in [0.15, 0.2) is 0 Å². The van der Waals surface area contributed by atoms with E-state index < -0.39 is 0 Å². The SMILES string of the molecule is CCCCCC(O)CCN1C(=O)OCC1CCCCCCC(=O)OC. The number of unbranched alkanes of at least 4 members (excludes halogenated alkanes) is 5. The Morgan fingerprint density at radius 1 is 1.24 bits per heavy atom. The summed E-state index contributed by atoms with van der Waals surface area (Å²) in [5.41, 5.74) is 0. The van der Waals surface area contributed by atoms with Crippen molar-refractivity contribution in [2.24, 2.45) is 0 Å². The fourth-order valence-corrected chi connectivity index (χ4v) is 3.17. The van der Waals surface area contributed by atoms with Gasteiger partial charge < -0.3 is 19.5 Å². The van der Waals surface area contributed by atoms with E-state index in [1.54, 1.807) is 4.90 Å². The van der Waals surface area contributed by atoms with Gasteiger partial charge in [0.2, 0.25) is 0 Å². The van der Waals surface area contributed by atoms with Crippen molar-refractivity contribution in [1.29, 1.82) is 0 Å². The zero-order chi connectivity index (χ0) is 18.5. The van der Waals surface area contributed by atoms with E-state index in [-0.39, 0.29) is 24.2 Å². The van der Waals surface area contributed by atoms with Crippen molar-refractivity contribution in [3.05, 3.63) is 0 Å². The first-order chi connectivity index (χ1) is 12.1. The van der Waals surface area contributed by atoms with Crippen LogP contribution in [-0.2, 0) is 14.3 Å². The van der Waals surface area contributed by atoms with E-state index in [1.165, 1.54) is 7.11 Å². The fraction of sp³-hybridized carbons (Fsp3) is 0.895. The summed E-state index contributed by atoms with van der Waals surface area (Å²) in [6, 6.07) is 0.121. The summed E-state index contributed by atoms with van der Waals surface area (Å²) in [7, 11) is 1.41. The first-order valence-electron chi connectivity index (χ1n) is 9.76. The summed E-state index contributed by atoms with van der Waals surface area (Å²) >= 11 is 0. The van der Waals surface area contributed by atoms with Gasteiger partial charge in [-0.05, 0) is 25.7 Å².